The van der Waals surface area contributed by atoms with Crippen molar-refractivity contribution in [3.63, 3.8) is 0 Å². The summed E-state index contributed by atoms with van der Waals surface area (Å²) in [4.78, 5) is 29.5. The number of pyridine rings is 1. The number of hydrogen-bond donors (Lipinski definition) is 2. The number of nitrogens with one attached hydrogen (secondary N) is 1. The van der Waals surface area contributed by atoms with E-state index < -0.39 is 29.6 Å². The van der Waals surface area contributed by atoms with Crippen molar-refractivity contribution in [1.82, 2.24) is 14.5 Å². The Labute approximate surface area is 180 Å². The molecule has 1 aliphatic heterocycles. The molecule has 1 aliphatic rings. The molecule has 3 rings (SSSR count). The number of carboxylic acid groups (broad SMARTS) is 1. The van der Waals surface area contributed by atoms with Crippen LogP contribution in [0.4, 0.5) is 14.6 Å². The Kier molecular flexibility index (Phi) is 6.82. The van der Waals surface area contributed by atoms with Gasteiger partial charge in [0.15, 0.2) is 5.57 Å². The van der Waals surface area contributed by atoms with Gasteiger partial charge in [-0.3, -0.25) is 14.3 Å². The Balaban J connectivity index is 1.92. The van der Waals surface area contributed by atoms with Crippen LogP contribution in [0.2, 0.25) is 0 Å². The summed E-state index contributed by atoms with van der Waals surface area (Å²) in [7, 11) is 0. The van der Waals surface area contributed by atoms with Gasteiger partial charge in [0.1, 0.15) is 26.8 Å². The molecule has 0 amide bonds. The maximum absolute atomic E-state index is 14.6. The molecule has 0 unspecified atom stereocenters. The van der Waals surface area contributed by atoms with Gasteiger partial charge in [0.2, 0.25) is 0 Å². The summed E-state index contributed by atoms with van der Waals surface area (Å²) in [5.41, 5.74) is -1.40. The lowest BCUT2D eigenvalue weighted by Gasteiger charge is -2.22. The molecule has 164 valence electrons. The first kappa shape index (κ1) is 22.6. The van der Waals surface area contributed by atoms with Crippen molar-refractivity contribution in [2.24, 2.45) is 0 Å². The van der Waals surface area contributed by atoms with Crippen LogP contribution in [0.3, 0.4) is 0 Å². The third-order valence-electron chi connectivity index (χ3n) is 4.86. The molecule has 0 saturated carbocycles. The van der Waals surface area contributed by atoms with Crippen LogP contribution in [0, 0.1) is 11.3 Å². The molecule has 0 bridgehead atoms. The molecular formula is C20H21F2N5O3S. The summed E-state index contributed by atoms with van der Waals surface area (Å²) in [6, 6.07) is 5.79. The van der Waals surface area contributed by atoms with Gasteiger partial charge in [-0.15, -0.1) is 11.3 Å². The van der Waals surface area contributed by atoms with Crippen LogP contribution in [0.1, 0.15) is 25.5 Å². The summed E-state index contributed by atoms with van der Waals surface area (Å²) in [6.07, 6.45) is 3.10. The van der Waals surface area contributed by atoms with Crippen molar-refractivity contribution < 1.29 is 18.7 Å². The van der Waals surface area contributed by atoms with Gasteiger partial charge >= 0.3 is 11.9 Å². The molecule has 11 heteroatoms. The predicted octanol–water partition coefficient (Wildman–Crippen LogP) is 1.12. The second-order valence-corrected chi connectivity index (χ2v) is 8.03. The molecule has 1 fully saturated rings. The molecule has 3 heterocycles. The molecule has 31 heavy (non-hydrogen) atoms. The number of carbonyl (C=O) groups is 1. The minimum Gasteiger partial charge on any atom is -0.477 e. The van der Waals surface area contributed by atoms with Gasteiger partial charge < -0.3 is 10.4 Å². The van der Waals surface area contributed by atoms with E-state index in [1.807, 2.05) is 0 Å². The molecule has 0 aromatic carbocycles. The zero-order chi connectivity index (χ0) is 22.6. The van der Waals surface area contributed by atoms with Crippen LogP contribution in [0.5, 0.6) is 0 Å². The van der Waals surface area contributed by atoms with Gasteiger partial charge in [-0.05, 0) is 45.0 Å². The maximum atomic E-state index is 14.6. The largest absolute Gasteiger partial charge is 0.477 e. The minimum atomic E-state index is -3.12. The van der Waals surface area contributed by atoms with E-state index in [9.17, 15) is 23.5 Å². The van der Waals surface area contributed by atoms with Crippen molar-refractivity contribution >= 4 is 34.9 Å². The molecule has 0 atom stereocenters. The quantitative estimate of drug-likeness (QED) is 0.652. The number of likely N-dealkylation sites (tertiary alicyclic amines) is 1. The van der Waals surface area contributed by atoms with Crippen molar-refractivity contribution in [3.8, 4) is 6.07 Å². The summed E-state index contributed by atoms with van der Waals surface area (Å²) in [5.74, 6) is -4.43. The van der Waals surface area contributed by atoms with Crippen LogP contribution in [-0.2, 0) is 17.3 Å². The number of thiazole rings is 1. The predicted molar refractivity (Wildman–Crippen MR) is 112 cm³/mol. The number of aromatic nitrogens is 2. The number of anilines is 1. The summed E-state index contributed by atoms with van der Waals surface area (Å²) < 4.78 is 30.6. The lowest BCUT2D eigenvalue weighted by Crippen LogP contribution is -2.34. The van der Waals surface area contributed by atoms with Crippen molar-refractivity contribution in [3.05, 3.63) is 43.4 Å². The van der Waals surface area contributed by atoms with E-state index in [1.54, 1.807) is 17.9 Å². The normalized spacial score (nSPS) is 16.3. The summed E-state index contributed by atoms with van der Waals surface area (Å²) >= 11 is 0.831. The van der Waals surface area contributed by atoms with Gasteiger partial charge in [0.25, 0.3) is 5.56 Å². The Morgan fingerprint density at radius 1 is 1.42 bits per heavy atom. The topological polar surface area (TPSA) is 111 Å². The highest BCUT2D eigenvalue weighted by Gasteiger charge is 2.36. The van der Waals surface area contributed by atoms with Crippen LogP contribution in [0.15, 0.2) is 23.0 Å². The first-order chi connectivity index (χ1) is 14.8. The number of halogens is 2. The van der Waals surface area contributed by atoms with Crippen LogP contribution >= 0.6 is 11.3 Å². The van der Waals surface area contributed by atoms with E-state index in [0.29, 0.717) is 13.1 Å². The van der Waals surface area contributed by atoms with Crippen molar-refractivity contribution in [2.45, 2.75) is 32.2 Å². The first-order valence-electron chi connectivity index (χ1n) is 9.68. The fourth-order valence-electron chi connectivity index (χ4n) is 3.34. The highest BCUT2D eigenvalue weighted by Crippen LogP contribution is 2.29. The number of hydrogen-bond acceptors (Lipinski definition) is 7. The fourth-order valence-corrected chi connectivity index (χ4v) is 4.42. The Hall–Kier alpha value is -3.10. The standard InChI is InChI=1S/C20H21F2N5O3S/c1-2-27-17(28)14(31-18(27)13(10-23)19(29)30)11-24-16-7-5-6-15(25-16)20(21,22)12-26-8-3-4-9-26/h5-7,11H,2-4,8-9,12H2,1H3,(H,24,25)(H,29,30)/b14-11+,18-13-. The van der Waals surface area contributed by atoms with Gasteiger partial charge in [0, 0.05) is 12.7 Å². The molecule has 8 nitrogen and oxygen atoms in total. The second kappa shape index (κ2) is 9.36. The van der Waals surface area contributed by atoms with Gasteiger partial charge in [0.05, 0.1) is 6.54 Å². The Morgan fingerprint density at radius 2 is 2.13 bits per heavy atom. The average Bonchev–Trinajstić information content (AvgIpc) is 3.34. The van der Waals surface area contributed by atoms with Crippen molar-refractivity contribution in [1.29, 1.82) is 5.26 Å². The molecule has 2 aromatic heterocycles. The summed E-state index contributed by atoms with van der Waals surface area (Å²) in [6.45, 7) is 2.71. The van der Waals surface area contributed by atoms with Gasteiger partial charge in [-0.2, -0.15) is 14.0 Å². The number of rotatable bonds is 7. The second-order valence-electron chi connectivity index (χ2n) is 7.00. The highest BCUT2D eigenvalue weighted by atomic mass is 32.1. The number of alkyl halides is 2. The van der Waals surface area contributed by atoms with E-state index >= 15 is 0 Å². The Morgan fingerprint density at radius 3 is 2.74 bits per heavy atom. The van der Waals surface area contributed by atoms with Crippen molar-refractivity contribution in [2.75, 3.05) is 25.0 Å². The lowest BCUT2D eigenvalue weighted by molar-refractivity contribution is -0.130. The van der Waals surface area contributed by atoms with Crippen LogP contribution < -0.4 is 20.1 Å². The van der Waals surface area contributed by atoms with E-state index in [4.69, 9.17) is 5.26 Å². The minimum absolute atomic E-state index is 0.0226. The summed E-state index contributed by atoms with van der Waals surface area (Å²) in [5, 5.41) is 21.0. The Bertz CT molecular complexity index is 1190. The highest BCUT2D eigenvalue weighted by molar-refractivity contribution is 7.07. The number of aliphatic carboxylic acids is 1. The third kappa shape index (κ3) is 4.98. The van der Waals surface area contributed by atoms with Crippen LogP contribution in [-0.4, -0.2) is 45.2 Å². The van der Waals surface area contributed by atoms with Crippen LogP contribution in [0.25, 0.3) is 11.8 Å². The molecule has 2 N–H and O–H groups in total. The van der Waals surface area contributed by atoms with E-state index in [-0.39, 0.29) is 27.3 Å². The molecule has 0 spiro atoms. The lowest BCUT2D eigenvalue weighted by atomic mass is 10.2. The monoisotopic (exact) mass is 449 g/mol. The fraction of sp³-hybridized carbons (Fsp3) is 0.400. The maximum Gasteiger partial charge on any atom is 0.349 e. The zero-order valence-electron chi connectivity index (χ0n) is 16.8. The zero-order valence-corrected chi connectivity index (χ0v) is 17.6. The first-order valence-corrected chi connectivity index (χ1v) is 10.5. The molecule has 0 aliphatic carbocycles. The average molecular weight is 449 g/mol. The smallest absolute Gasteiger partial charge is 0.349 e. The molecule has 1 saturated heterocycles. The third-order valence-corrected chi connectivity index (χ3v) is 5.99. The molecule has 0 radical (unpaired) electrons. The SMILES string of the molecule is CCn1c(=O)/c(=C\Nc2cccc(C(F)(F)CN3CCCC3)n2)s/c1=C(/C#N)C(=O)O. The molecular weight excluding hydrogens is 428 g/mol. The number of nitriles is 1. The number of nitrogens with zero attached hydrogens (tertiary/aromatic N) is 4. The van der Waals surface area contributed by atoms with Gasteiger partial charge in [-0.25, -0.2) is 9.78 Å². The van der Waals surface area contributed by atoms with E-state index in [0.717, 1.165) is 24.2 Å². The van der Waals surface area contributed by atoms with E-state index in [1.165, 1.54) is 29.0 Å². The van der Waals surface area contributed by atoms with Gasteiger partial charge in [-0.1, -0.05) is 6.07 Å². The van der Waals surface area contributed by atoms with E-state index in [2.05, 4.69) is 10.3 Å². The molecule has 2 aromatic rings. The number of carboxylic acids is 1.